The average molecular weight is 259 g/mol. The topological polar surface area (TPSA) is 57.6 Å². The molecular weight excluding hydrogens is 242 g/mol. The van der Waals surface area contributed by atoms with E-state index < -0.39 is 5.41 Å². The van der Waals surface area contributed by atoms with Crippen molar-refractivity contribution in [2.75, 3.05) is 0 Å². The van der Waals surface area contributed by atoms with Gasteiger partial charge in [0.05, 0.1) is 12.0 Å². The first-order valence-electron chi connectivity index (χ1n) is 6.73. The van der Waals surface area contributed by atoms with E-state index in [0.717, 1.165) is 31.2 Å². The van der Waals surface area contributed by atoms with Crippen molar-refractivity contribution in [3.05, 3.63) is 29.8 Å². The number of carbonyl (C=O) groups excluding carboxylic acids is 2. The summed E-state index contributed by atoms with van der Waals surface area (Å²) in [4.78, 5) is 25.9. The molecule has 0 aromatic heterocycles. The van der Waals surface area contributed by atoms with Crippen molar-refractivity contribution in [1.29, 1.82) is 0 Å². The van der Waals surface area contributed by atoms with E-state index in [1.807, 2.05) is 6.07 Å². The van der Waals surface area contributed by atoms with E-state index in [0.29, 0.717) is 6.42 Å². The summed E-state index contributed by atoms with van der Waals surface area (Å²) in [6.07, 6.45) is 4.13. The number of rotatable bonds is 2. The molecule has 4 heteroatoms. The Morgan fingerprint density at radius 3 is 2.63 bits per heavy atom. The van der Waals surface area contributed by atoms with Gasteiger partial charge < -0.3 is 5.11 Å². The van der Waals surface area contributed by atoms with Crippen LogP contribution in [0.5, 0.6) is 5.75 Å². The normalized spacial score (nSPS) is 21.6. The van der Waals surface area contributed by atoms with Crippen LogP contribution in [0.1, 0.15) is 37.7 Å². The third-order valence-corrected chi connectivity index (χ3v) is 4.30. The molecule has 2 amide bonds. The third-order valence-electron chi connectivity index (χ3n) is 4.30. The van der Waals surface area contributed by atoms with Gasteiger partial charge in [-0.2, -0.15) is 0 Å². The largest absolute Gasteiger partial charge is 0.508 e. The molecule has 0 radical (unpaired) electrons. The van der Waals surface area contributed by atoms with E-state index in [1.165, 1.54) is 4.90 Å². The van der Waals surface area contributed by atoms with Crippen LogP contribution in [0.15, 0.2) is 24.3 Å². The van der Waals surface area contributed by atoms with Crippen molar-refractivity contribution in [2.24, 2.45) is 5.41 Å². The summed E-state index contributed by atoms with van der Waals surface area (Å²) in [5, 5.41) is 9.44. The van der Waals surface area contributed by atoms with Crippen LogP contribution in [0, 0.1) is 5.41 Å². The van der Waals surface area contributed by atoms with Gasteiger partial charge >= 0.3 is 0 Å². The van der Waals surface area contributed by atoms with Crippen LogP contribution in [0.2, 0.25) is 0 Å². The molecule has 1 saturated carbocycles. The highest BCUT2D eigenvalue weighted by atomic mass is 16.3. The minimum Gasteiger partial charge on any atom is -0.508 e. The van der Waals surface area contributed by atoms with Gasteiger partial charge in [-0.05, 0) is 30.5 Å². The predicted molar refractivity (Wildman–Crippen MR) is 69.2 cm³/mol. The number of phenolic OH excluding ortho intramolecular Hbond substituents is 1. The summed E-state index contributed by atoms with van der Waals surface area (Å²) in [6, 6.07) is 6.72. The molecule has 1 aromatic carbocycles. The zero-order valence-electron chi connectivity index (χ0n) is 10.8. The first-order chi connectivity index (χ1) is 9.11. The predicted octanol–water partition coefficient (Wildman–Crippen LogP) is 2.21. The lowest BCUT2D eigenvalue weighted by atomic mass is 9.84. The summed E-state index contributed by atoms with van der Waals surface area (Å²) < 4.78 is 0. The second-order valence-corrected chi connectivity index (χ2v) is 5.62. The van der Waals surface area contributed by atoms with Gasteiger partial charge in [-0.3, -0.25) is 14.5 Å². The minimum atomic E-state index is -0.409. The fraction of sp³-hybridized carbons (Fsp3) is 0.467. The highest BCUT2D eigenvalue weighted by Gasteiger charge is 2.52. The molecule has 0 bridgehead atoms. The maximum absolute atomic E-state index is 12.5. The van der Waals surface area contributed by atoms with Crippen LogP contribution in [0.3, 0.4) is 0 Å². The Bertz CT molecular complexity index is 532. The first kappa shape index (κ1) is 12.2. The molecule has 19 heavy (non-hydrogen) atoms. The maximum Gasteiger partial charge on any atom is 0.236 e. The molecule has 1 aliphatic carbocycles. The number of imide groups is 1. The summed E-state index contributed by atoms with van der Waals surface area (Å²) >= 11 is 0. The molecule has 2 fully saturated rings. The lowest BCUT2D eigenvalue weighted by molar-refractivity contribution is -0.142. The van der Waals surface area contributed by atoms with Crippen LogP contribution in [-0.4, -0.2) is 21.8 Å². The fourth-order valence-electron chi connectivity index (χ4n) is 3.30. The number of nitrogens with zero attached hydrogens (tertiary/aromatic N) is 1. The zero-order chi connectivity index (χ0) is 13.5. The quantitative estimate of drug-likeness (QED) is 0.828. The van der Waals surface area contributed by atoms with Crippen molar-refractivity contribution in [2.45, 2.75) is 38.6 Å². The average Bonchev–Trinajstić information content (AvgIpc) is 2.92. The number of hydrogen-bond donors (Lipinski definition) is 1. The van der Waals surface area contributed by atoms with E-state index in [9.17, 15) is 14.7 Å². The molecule has 1 spiro atoms. The van der Waals surface area contributed by atoms with Gasteiger partial charge in [-0.1, -0.05) is 25.0 Å². The second-order valence-electron chi connectivity index (χ2n) is 5.62. The Balaban J connectivity index is 1.82. The number of likely N-dealkylation sites (tertiary alicyclic amines) is 1. The molecule has 3 rings (SSSR count). The zero-order valence-corrected chi connectivity index (χ0v) is 10.8. The molecule has 0 unspecified atom stereocenters. The SMILES string of the molecule is O=C1CC2(CCCC2)C(=O)N1Cc1cccc(O)c1. The Morgan fingerprint density at radius 2 is 1.95 bits per heavy atom. The van der Waals surface area contributed by atoms with Crippen LogP contribution >= 0.6 is 0 Å². The fourth-order valence-corrected chi connectivity index (χ4v) is 3.30. The van der Waals surface area contributed by atoms with Gasteiger partial charge in [0.2, 0.25) is 11.8 Å². The molecule has 0 atom stereocenters. The number of aromatic hydroxyl groups is 1. The van der Waals surface area contributed by atoms with Gasteiger partial charge in [0.25, 0.3) is 0 Å². The van der Waals surface area contributed by atoms with E-state index in [-0.39, 0.29) is 24.1 Å². The molecular formula is C15H17NO3. The Kier molecular flexibility index (Phi) is 2.81. The van der Waals surface area contributed by atoms with Crippen molar-refractivity contribution in [3.8, 4) is 5.75 Å². The van der Waals surface area contributed by atoms with E-state index in [1.54, 1.807) is 18.2 Å². The van der Waals surface area contributed by atoms with Gasteiger partial charge in [0.15, 0.2) is 0 Å². The Morgan fingerprint density at radius 1 is 1.21 bits per heavy atom. The summed E-state index contributed by atoms with van der Waals surface area (Å²) in [5.74, 6) is 0.0701. The standard InChI is InChI=1S/C15H17NO3/c17-12-5-3-4-11(8-12)10-16-13(18)9-15(14(16)19)6-1-2-7-15/h3-5,8,17H,1-2,6-7,9-10H2. The van der Waals surface area contributed by atoms with Gasteiger partial charge in [0, 0.05) is 6.42 Å². The van der Waals surface area contributed by atoms with Crippen molar-refractivity contribution in [3.63, 3.8) is 0 Å². The number of carbonyl (C=O) groups is 2. The molecule has 1 N–H and O–H groups in total. The highest BCUT2D eigenvalue weighted by molar-refractivity contribution is 6.05. The van der Waals surface area contributed by atoms with Crippen molar-refractivity contribution < 1.29 is 14.7 Å². The number of hydrogen-bond acceptors (Lipinski definition) is 3. The summed E-state index contributed by atoms with van der Waals surface area (Å²) in [7, 11) is 0. The number of amides is 2. The first-order valence-corrected chi connectivity index (χ1v) is 6.73. The van der Waals surface area contributed by atoms with Crippen LogP contribution in [0.25, 0.3) is 0 Å². The Labute approximate surface area is 112 Å². The van der Waals surface area contributed by atoms with E-state index in [4.69, 9.17) is 0 Å². The van der Waals surface area contributed by atoms with E-state index >= 15 is 0 Å². The number of benzene rings is 1. The lowest BCUT2D eigenvalue weighted by Crippen LogP contribution is -2.33. The highest BCUT2D eigenvalue weighted by Crippen LogP contribution is 2.47. The van der Waals surface area contributed by atoms with Gasteiger partial charge in [-0.25, -0.2) is 0 Å². The van der Waals surface area contributed by atoms with Crippen molar-refractivity contribution in [1.82, 2.24) is 4.90 Å². The number of phenols is 1. The molecule has 1 aliphatic heterocycles. The van der Waals surface area contributed by atoms with Gasteiger partial charge in [-0.15, -0.1) is 0 Å². The monoisotopic (exact) mass is 259 g/mol. The molecule has 1 aromatic rings. The molecule has 4 nitrogen and oxygen atoms in total. The van der Waals surface area contributed by atoms with Crippen LogP contribution in [0.4, 0.5) is 0 Å². The molecule has 1 heterocycles. The van der Waals surface area contributed by atoms with Crippen LogP contribution in [-0.2, 0) is 16.1 Å². The molecule has 100 valence electrons. The maximum atomic E-state index is 12.5. The molecule has 1 saturated heterocycles. The van der Waals surface area contributed by atoms with Crippen LogP contribution < -0.4 is 0 Å². The third kappa shape index (κ3) is 2.01. The van der Waals surface area contributed by atoms with E-state index in [2.05, 4.69) is 0 Å². The summed E-state index contributed by atoms with van der Waals surface area (Å²) in [6.45, 7) is 0.272. The lowest BCUT2D eigenvalue weighted by Gasteiger charge is -2.21. The Hall–Kier alpha value is -1.84. The molecule has 2 aliphatic rings. The minimum absolute atomic E-state index is 0.0154. The smallest absolute Gasteiger partial charge is 0.236 e. The second kappa shape index (κ2) is 4.37. The van der Waals surface area contributed by atoms with Crippen molar-refractivity contribution >= 4 is 11.8 Å². The summed E-state index contributed by atoms with van der Waals surface area (Å²) in [5.41, 5.74) is 0.380. The van der Waals surface area contributed by atoms with Gasteiger partial charge in [0.1, 0.15) is 5.75 Å².